The van der Waals surface area contributed by atoms with E-state index in [1.807, 2.05) is 27.7 Å². The average Bonchev–Trinajstić information content (AvgIpc) is 2.48. The van der Waals surface area contributed by atoms with E-state index >= 15 is 0 Å². The van der Waals surface area contributed by atoms with Crippen molar-refractivity contribution in [2.45, 2.75) is 53.2 Å². The van der Waals surface area contributed by atoms with Crippen molar-refractivity contribution in [2.24, 2.45) is 10.9 Å². The molecule has 1 saturated heterocycles. The minimum absolute atomic E-state index is 0. The highest BCUT2D eigenvalue weighted by molar-refractivity contribution is 14.0. The van der Waals surface area contributed by atoms with Crippen molar-refractivity contribution in [3.05, 3.63) is 0 Å². The van der Waals surface area contributed by atoms with Crippen LogP contribution in [0.3, 0.4) is 0 Å². The minimum atomic E-state index is -0.242. The standard InChI is InChI=1S/C18H37N5O2.HI/c1-7-19-17(21-11-16(24)22-18(4,5)6)20-10-15-13-23(8-9-25-15)12-14(2)3;/h14-15H,7-13H2,1-6H3,(H,22,24)(H2,19,20,21);1H. The number of rotatable bonds is 7. The lowest BCUT2D eigenvalue weighted by Gasteiger charge is -2.34. The van der Waals surface area contributed by atoms with Gasteiger partial charge in [0.2, 0.25) is 5.91 Å². The fraction of sp³-hybridized carbons (Fsp3) is 0.889. The number of ether oxygens (including phenoxy) is 1. The van der Waals surface area contributed by atoms with Crippen LogP contribution in [0.15, 0.2) is 4.99 Å². The van der Waals surface area contributed by atoms with Crippen LogP contribution in [0.1, 0.15) is 41.5 Å². The van der Waals surface area contributed by atoms with E-state index in [1.165, 1.54) is 0 Å². The molecule has 1 rings (SSSR count). The summed E-state index contributed by atoms with van der Waals surface area (Å²) in [6.07, 6.45) is 0.139. The Hall–Kier alpha value is -0.610. The molecule has 0 aliphatic carbocycles. The van der Waals surface area contributed by atoms with E-state index in [-0.39, 0.29) is 48.1 Å². The number of guanidine groups is 1. The zero-order valence-electron chi connectivity index (χ0n) is 17.2. The summed E-state index contributed by atoms with van der Waals surface area (Å²) in [5.41, 5.74) is -0.242. The van der Waals surface area contributed by atoms with E-state index in [0.29, 0.717) is 18.4 Å². The molecule has 1 unspecified atom stereocenters. The summed E-state index contributed by atoms with van der Waals surface area (Å²) in [5, 5.41) is 9.38. The molecule has 0 aromatic heterocycles. The quantitative estimate of drug-likeness (QED) is 0.290. The van der Waals surface area contributed by atoms with Gasteiger partial charge in [0.25, 0.3) is 0 Å². The third-order valence-corrected chi connectivity index (χ3v) is 3.58. The maximum absolute atomic E-state index is 11.9. The SMILES string of the molecule is CCNC(=NCC(=O)NC(C)(C)C)NCC1CN(CC(C)C)CCO1.I. The van der Waals surface area contributed by atoms with Gasteiger partial charge in [-0.15, -0.1) is 24.0 Å². The summed E-state index contributed by atoms with van der Waals surface area (Å²) < 4.78 is 5.84. The second kappa shape index (κ2) is 12.7. The van der Waals surface area contributed by atoms with Crippen LogP contribution in [0, 0.1) is 5.92 Å². The second-order valence-electron chi connectivity index (χ2n) is 8.02. The summed E-state index contributed by atoms with van der Waals surface area (Å²) in [7, 11) is 0. The average molecular weight is 483 g/mol. The van der Waals surface area contributed by atoms with Gasteiger partial charge in [-0.05, 0) is 33.6 Å². The largest absolute Gasteiger partial charge is 0.374 e. The van der Waals surface area contributed by atoms with Crippen molar-refractivity contribution in [3.63, 3.8) is 0 Å². The highest BCUT2D eigenvalue weighted by Crippen LogP contribution is 2.07. The van der Waals surface area contributed by atoms with Crippen LogP contribution in [-0.2, 0) is 9.53 Å². The maximum atomic E-state index is 11.9. The number of hydrogen-bond donors (Lipinski definition) is 3. The number of morpholine rings is 1. The zero-order chi connectivity index (χ0) is 18.9. The predicted octanol–water partition coefficient (Wildman–Crippen LogP) is 1.43. The lowest BCUT2D eigenvalue weighted by atomic mass is 10.1. The van der Waals surface area contributed by atoms with Gasteiger partial charge in [0.15, 0.2) is 5.96 Å². The molecule has 8 heteroatoms. The molecular formula is C18H38IN5O2. The smallest absolute Gasteiger partial charge is 0.242 e. The Bertz CT molecular complexity index is 438. The Morgan fingerprint density at radius 2 is 2.00 bits per heavy atom. The van der Waals surface area contributed by atoms with Gasteiger partial charge < -0.3 is 20.7 Å². The molecule has 0 radical (unpaired) electrons. The van der Waals surface area contributed by atoms with Gasteiger partial charge in [-0.3, -0.25) is 9.69 Å². The Labute approximate surface area is 176 Å². The summed E-state index contributed by atoms with van der Waals surface area (Å²) in [4.78, 5) is 18.7. The van der Waals surface area contributed by atoms with E-state index in [0.717, 1.165) is 32.8 Å². The Balaban J connectivity index is 0.00000625. The van der Waals surface area contributed by atoms with E-state index < -0.39 is 0 Å². The van der Waals surface area contributed by atoms with E-state index in [4.69, 9.17) is 4.74 Å². The first-order valence-corrected chi connectivity index (χ1v) is 9.36. The first-order valence-electron chi connectivity index (χ1n) is 9.36. The fourth-order valence-electron chi connectivity index (χ4n) is 2.75. The maximum Gasteiger partial charge on any atom is 0.242 e. The van der Waals surface area contributed by atoms with Crippen LogP contribution in [0.5, 0.6) is 0 Å². The van der Waals surface area contributed by atoms with Gasteiger partial charge in [-0.1, -0.05) is 13.8 Å². The third kappa shape index (κ3) is 11.9. The van der Waals surface area contributed by atoms with E-state index in [9.17, 15) is 4.79 Å². The number of nitrogens with one attached hydrogen (secondary N) is 3. The highest BCUT2D eigenvalue weighted by atomic mass is 127. The number of carbonyl (C=O) groups is 1. The Kier molecular flexibility index (Phi) is 12.4. The van der Waals surface area contributed by atoms with Crippen LogP contribution >= 0.6 is 24.0 Å². The van der Waals surface area contributed by atoms with Gasteiger partial charge in [-0.2, -0.15) is 0 Å². The summed E-state index contributed by atoms with van der Waals surface area (Å²) in [5.74, 6) is 1.23. The van der Waals surface area contributed by atoms with Gasteiger partial charge in [-0.25, -0.2) is 4.99 Å². The first-order chi connectivity index (χ1) is 11.7. The van der Waals surface area contributed by atoms with Gasteiger partial charge in [0.1, 0.15) is 6.54 Å². The predicted molar refractivity (Wildman–Crippen MR) is 118 cm³/mol. The molecular weight excluding hydrogens is 445 g/mol. The fourth-order valence-corrected chi connectivity index (χ4v) is 2.75. The van der Waals surface area contributed by atoms with Crippen LogP contribution in [0.2, 0.25) is 0 Å². The van der Waals surface area contributed by atoms with Crippen molar-refractivity contribution in [3.8, 4) is 0 Å². The molecule has 0 aromatic rings. The molecule has 1 aliphatic heterocycles. The molecule has 3 N–H and O–H groups in total. The van der Waals surface area contributed by atoms with Gasteiger partial charge in [0.05, 0.1) is 12.7 Å². The molecule has 1 fully saturated rings. The van der Waals surface area contributed by atoms with Crippen molar-refractivity contribution in [2.75, 3.05) is 45.9 Å². The molecule has 26 heavy (non-hydrogen) atoms. The highest BCUT2D eigenvalue weighted by Gasteiger charge is 2.21. The molecule has 0 bridgehead atoms. The number of amides is 1. The molecule has 1 heterocycles. The number of hydrogen-bond acceptors (Lipinski definition) is 4. The molecule has 1 atom stereocenters. The molecule has 1 amide bonds. The van der Waals surface area contributed by atoms with Crippen molar-refractivity contribution in [1.82, 2.24) is 20.9 Å². The molecule has 7 nitrogen and oxygen atoms in total. The van der Waals surface area contributed by atoms with Crippen LogP contribution in [0.25, 0.3) is 0 Å². The lowest BCUT2D eigenvalue weighted by Crippen LogP contribution is -2.50. The number of aliphatic imine (C=N–C) groups is 1. The number of halogens is 1. The molecule has 0 spiro atoms. The zero-order valence-corrected chi connectivity index (χ0v) is 19.6. The van der Waals surface area contributed by atoms with Crippen LogP contribution in [-0.4, -0.2) is 74.3 Å². The minimum Gasteiger partial charge on any atom is -0.374 e. The molecule has 1 aliphatic rings. The third-order valence-electron chi connectivity index (χ3n) is 3.58. The van der Waals surface area contributed by atoms with Gasteiger partial charge in [0, 0.05) is 38.3 Å². The topological polar surface area (TPSA) is 78.0 Å². The first kappa shape index (κ1) is 25.4. The van der Waals surface area contributed by atoms with Crippen molar-refractivity contribution in [1.29, 1.82) is 0 Å². The van der Waals surface area contributed by atoms with Crippen LogP contribution in [0.4, 0.5) is 0 Å². The molecule has 0 aromatic carbocycles. The molecule has 0 saturated carbocycles. The summed E-state index contributed by atoms with van der Waals surface area (Å²) in [6.45, 7) is 17.7. The normalized spacial score (nSPS) is 19.0. The summed E-state index contributed by atoms with van der Waals surface area (Å²) >= 11 is 0. The summed E-state index contributed by atoms with van der Waals surface area (Å²) in [6, 6.07) is 0. The van der Waals surface area contributed by atoms with Crippen LogP contribution < -0.4 is 16.0 Å². The van der Waals surface area contributed by atoms with Crippen molar-refractivity contribution >= 4 is 35.8 Å². The van der Waals surface area contributed by atoms with E-state index in [2.05, 4.69) is 39.7 Å². The number of nitrogens with zero attached hydrogens (tertiary/aromatic N) is 2. The lowest BCUT2D eigenvalue weighted by molar-refractivity contribution is -0.121. The Morgan fingerprint density at radius 1 is 1.31 bits per heavy atom. The molecule has 154 valence electrons. The number of carbonyl (C=O) groups excluding carboxylic acids is 1. The Morgan fingerprint density at radius 3 is 2.58 bits per heavy atom. The monoisotopic (exact) mass is 483 g/mol. The van der Waals surface area contributed by atoms with E-state index in [1.54, 1.807) is 0 Å². The second-order valence-corrected chi connectivity index (χ2v) is 8.02. The van der Waals surface area contributed by atoms with Crippen molar-refractivity contribution < 1.29 is 9.53 Å². The van der Waals surface area contributed by atoms with Gasteiger partial charge >= 0.3 is 0 Å².